The first-order valence-electron chi connectivity index (χ1n) is 14.6. The smallest absolute Gasteiger partial charge is 0.306 e. The van der Waals surface area contributed by atoms with E-state index < -0.39 is 40.8 Å². The second-order valence-electron chi connectivity index (χ2n) is 11.6. The van der Waals surface area contributed by atoms with Crippen molar-refractivity contribution in [3.05, 3.63) is 99.0 Å². The van der Waals surface area contributed by atoms with E-state index >= 15 is 0 Å². The lowest BCUT2D eigenvalue weighted by molar-refractivity contribution is -0.155. The van der Waals surface area contributed by atoms with Gasteiger partial charge in [0.15, 0.2) is 11.6 Å². The Kier molecular flexibility index (Phi) is 11.6. The predicted octanol–water partition coefficient (Wildman–Crippen LogP) is 6.23. The van der Waals surface area contributed by atoms with E-state index in [1.54, 1.807) is 57.2 Å². The molecule has 2 atom stereocenters. The molecule has 0 unspecified atom stereocenters. The lowest BCUT2D eigenvalue weighted by atomic mass is 9.83. The first-order chi connectivity index (χ1) is 21.8. The van der Waals surface area contributed by atoms with E-state index in [2.05, 4.69) is 10.9 Å². The van der Waals surface area contributed by atoms with Gasteiger partial charge in [-0.25, -0.2) is 19.2 Å². The summed E-state index contributed by atoms with van der Waals surface area (Å²) in [4.78, 5) is 31.8. The van der Waals surface area contributed by atoms with Crippen LogP contribution in [-0.2, 0) is 25.6 Å². The van der Waals surface area contributed by atoms with Gasteiger partial charge in [0.1, 0.15) is 23.0 Å². The van der Waals surface area contributed by atoms with Crippen molar-refractivity contribution in [2.75, 3.05) is 13.2 Å². The lowest BCUT2D eigenvalue weighted by Crippen LogP contribution is -2.52. The second kappa shape index (κ2) is 15.2. The molecular formula is C33H35Cl2F2N3O6. The normalized spacial score (nSPS) is 17.7. The van der Waals surface area contributed by atoms with Gasteiger partial charge in [0.2, 0.25) is 5.90 Å². The van der Waals surface area contributed by atoms with Gasteiger partial charge in [0.05, 0.1) is 6.61 Å². The highest BCUT2D eigenvalue weighted by Crippen LogP contribution is 2.45. The fourth-order valence-corrected chi connectivity index (χ4v) is 5.26. The number of hydrogen-bond donors (Lipinski definition) is 3. The largest absolute Gasteiger partial charge is 0.494 e. The summed E-state index contributed by atoms with van der Waals surface area (Å²) in [6.07, 6.45) is -1.05. The molecule has 0 aliphatic carbocycles. The SMILES string of the molecule is CC(C)(C)OC(=O)CC[C@]1(C(=O)NNCc2cc(F)ccc2F)N=C(c2ccc(OCCCO)cc2)O[C@H]1c1ccc(Cl)cc1Cl. The van der Waals surface area contributed by atoms with Crippen molar-refractivity contribution in [2.45, 2.75) is 63.8 Å². The summed E-state index contributed by atoms with van der Waals surface area (Å²) in [6.45, 7) is 5.25. The number of amides is 1. The van der Waals surface area contributed by atoms with E-state index in [0.717, 1.165) is 18.2 Å². The molecule has 46 heavy (non-hydrogen) atoms. The number of hydrazine groups is 1. The Morgan fingerprint density at radius 1 is 1.07 bits per heavy atom. The van der Waals surface area contributed by atoms with E-state index in [4.69, 9.17) is 47.5 Å². The van der Waals surface area contributed by atoms with Gasteiger partial charge < -0.3 is 19.3 Å². The van der Waals surface area contributed by atoms with Crippen LogP contribution in [0.2, 0.25) is 10.0 Å². The van der Waals surface area contributed by atoms with Crippen LogP contribution in [0.1, 0.15) is 62.8 Å². The maximum absolute atomic E-state index is 14.3. The summed E-state index contributed by atoms with van der Waals surface area (Å²) in [5.41, 5.74) is 3.50. The van der Waals surface area contributed by atoms with Crippen molar-refractivity contribution >= 4 is 41.0 Å². The Labute approximate surface area is 275 Å². The molecule has 9 nitrogen and oxygen atoms in total. The molecular weight excluding hydrogens is 643 g/mol. The topological polar surface area (TPSA) is 118 Å². The summed E-state index contributed by atoms with van der Waals surface area (Å²) in [7, 11) is 0. The van der Waals surface area contributed by atoms with Crippen LogP contribution >= 0.6 is 23.2 Å². The molecule has 1 amide bonds. The highest BCUT2D eigenvalue weighted by Gasteiger charge is 2.54. The Morgan fingerprint density at radius 3 is 2.48 bits per heavy atom. The number of esters is 1. The first-order valence-corrected chi connectivity index (χ1v) is 15.3. The third-order valence-corrected chi connectivity index (χ3v) is 7.46. The molecule has 0 fully saturated rings. The number of carbonyl (C=O) groups excluding carboxylic acids is 2. The van der Waals surface area contributed by atoms with Crippen molar-refractivity contribution < 1.29 is 37.7 Å². The Bertz CT molecular complexity index is 1580. The molecule has 0 saturated carbocycles. The molecule has 3 aromatic carbocycles. The fraction of sp³-hybridized carbons (Fsp3) is 0.364. The van der Waals surface area contributed by atoms with Gasteiger partial charge in [0, 0.05) is 52.7 Å². The molecule has 246 valence electrons. The molecule has 0 bridgehead atoms. The van der Waals surface area contributed by atoms with Crippen molar-refractivity contribution in [3.63, 3.8) is 0 Å². The highest BCUT2D eigenvalue weighted by molar-refractivity contribution is 6.35. The van der Waals surface area contributed by atoms with E-state index in [0.29, 0.717) is 34.9 Å². The Morgan fingerprint density at radius 2 is 1.80 bits per heavy atom. The number of aliphatic hydroxyl groups is 1. The number of hydrogen-bond acceptors (Lipinski definition) is 8. The van der Waals surface area contributed by atoms with Gasteiger partial charge in [-0.15, -0.1) is 0 Å². The lowest BCUT2D eigenvalue weighted by Gasteiger charge is -2.31. The molecule has 3 N–H and O–H groups in total. The van der Waals surface area contributed by atoms with Gasteiger partial charge in [-0.05, 0) is 81.8 Å². The number of nitrogens with zero attached hydrogens (tertiary/aromatic N) is 1. The summed E-state index contributed by atoms with van der Waals surface area (Å²) >= 11 is 12.8. The van der Waals surface area contributed by atoms with Crippen molar-refractivity contribution in [1.82, 2.24) is 10.9 Å². The average Bonchev–Trinajstić information content (AvgIpc) is 3.38. The zero-order valence-electron chi connectivity index (χ0n) is 25.5. The number of benzene rings is 3. The molecule has 0 saturated heterocycles. The monoisotopic (exact) mass is 677 g/mol. The third-order valence-electron chi connectivity index (χ3n) is 6.89. The molecule has 13 heteroatoms. The van der Waals surface area contributed by atoms with Crippen LogP contribution in [0.5, 0.6) is 5.75 Å². The van der Waals surface area contributed by atoms with Crippen LogP contribution in [-0.4, -0.2) is 47.2 Å². The standard InChI is InChI=1S/C33H35Cl2F2N3O6/c1-32(2,3)46-28(42)13-14-33(31(43)40-38-19-21-17-23(36)8-12-27(21)37)29(25-11-7-22(34)18-26(25)35)45-30(39-33)20-5-9-24(10-6-20)44-16-4-15-41/h5-12,17-18,29,38,41H,4,13-16,19H2,1-3H3,(H,40,43)/t29-,33-/m0/s1. The van der Waals surface area contributed by atoms with E-state index in [1.807, 2.05) is 0 Å². The van der Waals surface area contributed by atoms with Gasteiger partial charge in [-0.3, -0.25) is 15.0 Å². The van der Waals surface area contributed by atoms with E-state index in [9.17, 15) is 18.4 Å². The molecule has 1 heterocycles. The summed E-state index contributed by atoms with van der Waals surface area (Å²) in [6, 6.07) is 14.5. The Balaban J connectivity index is 1.72. The number of rotatable bonds is 13. The quantitative estimate of drug-likeness (QED) is 0.111. The number of aliphatic hydroxyl groups excluding tert-OH is 1. The molecule has 0 spiro atoms. The van der Waals surface area contributed by atoms with Gasteiger partial charge in [0.25, 0.3) is 5.91 Å². The average molecular weight is 679 g/mol. The van der Waals surface area contributed by atoms with Crippen LogP contribution in [0, 0.1) is 11.6 Å². The van der Waals surface area contributed by atoms with Crippen LogP contribution in [0.15, 0.2) is 65.7 Å². The molecule has 3 aromatic rings. The minimum Gasteiger partial charge on any atom is -0.494 e. The third kappa shape index (κ3) is 8.94. The molecule has 0 aromatic heterocycles. The van der Waals surface area contributed by atoms with E-state index in [-0.39, 0.29) is 42.5 Å². The van der Waals surface area contributed by atoms with Gasteiger partial charge in [-0.1, -0.05) is 29.3 Å². The summed E-state index contributed by atoms with van der Waals surface area (Å²) < 4.78 is 45.5. The van der Waals surface area contributed by atoms with Gasteiger partial charge >= 0.3 is 5.97 Å². The van der Waals surface area contributed by atoms with E-state index in [1.165, 1.54) is 6.07 Å². The van der Waals surface area contributed by atoms with Crippen molar-refractivity contribution in [1.29, 1.82) is 0 Å². The maximum atomic E-state index is 14.3. The Hall–Kier alpha value is -3.77. The summed E-state index contributed by atoms with van der Waals surface area (Å²) in [5.74, 6) is -1.95. The summed E-state index contributed by atoms with van der Waals surface area (Å²) in [5, 5.41) is 9.57. The van der Waals surface area contributed by atoms with Gasteiger partial charge in [-0.2, -0.15) is 0 Å². The van der Waals surface area contributed by atoms with Crippen LogP contribution < -0.4 is 15.6 Å². The number of ether oxygens (including phenoxy) is 3. The zero-order valence-corrected chi connectivity index (χ0v) is 27.1. The highest BCUT2D eigenvalue weighted by atomic mass is 35.5. The van der Waals surface area contributed by atoms with Crippen molar-refractivity contribution in [3.8, 4) is 5.75 Å². The maximum Gasteiger partial charge on any atom is 0.306 e. The minimum absolute atomic E-state index is 0.00312. The minimum atomic E-state index is -1.78. The van der Waals surface area contributed by atoms with Crippen LogP contribution in [0.25, 0.3) is 0 Å². The predicted molar refractivity (Wildman–Crippen MR) is 170 cm³/mol. The number of carbonyl (C=O) groups is 2. The molecule has 1 aliphatic heterocycles. The number of aliphatic imine (C=N–C) groups is 1. The molecule has 0 radical (unpaired) electrons. The van der Waals surface area contributed by atoms with Crippen LogP contribution in [0.3, 0.4) is 0 Å². The van der Waals surface area contributed by atoms with Crippen molar-refractivity contribution in [2.24, 2.45) is 4.99 Å². The molecule has 4 rings (SSSR count). The fourth-order valence-electron chi connectivity index (χ4n) is 4.75. The second-order valence-corrected chi connectivity index (χ2v) is 12.4. The number of halogens is 4. The zero-order chi connectivity index (χ0) is 33.5. The molecule has 1 aliphatic rings. The van der Waals surface area contributed by atoms with Crippen LogP contribution in [0.4, 0.5) is 8.78 Å². The first kappa shape index (κ1) is 35.1. The number of nitrogens with one attached hydrogen (secondary N) is 2.